The Morgan fingerprint density at radius 2 is 1.89 bits per heavy atom. The maximum atomic E-state index is 13.0. The summed E-state index contributed by atoms with van der Waals surface area (Å²) in [6, 6.07) is 9.58. The summed E-state index contributed by atoms with van der Waals surface area (Å²) in [6.07, 6.45) is 0.0553. The highest BCUT2D eigenvalue weighted by Gasteiger charge is 2.10. The molecule has 0 aliphatic heterocycles. The maximum Gasteiger partial charge on any atom is 0.167 e. The third-order valence-electron chi connectivity index (χ3n) is 2.50. The molecule has 0 heterocycles. The molecule has 1 nitrogen and oxygen atoms in total. The fraction of sp³-hybridized carbons (Fsp3) is 0.0714. The standard InChI is InChI=1S/C14H9ClF2O/c15-12-8-10(4-5-13(12)17)14(18)7-9-2-1-3-11(16)6-9/h1-6,8H,7H2. The van der Waals surface area contributed by atoms with Gasteiger partial charge in [0.05, 0.1) is 5.02 Å². The van der Waals surface area contributed by atoms with Gasteiger partial charge in [0.1, 0.15) is 11.6 Å². The molecule has 2 rings (SSSR count). The zero-order valence-corrected chi connectivity index (χ0v) is 10.0. The highest BCUT2D eigenvalue weighted by Crippen LogP contribution is 2.17. The maximum absolute atomic E-state index is 13.0. The lowest BCUT2D eigenvalue weighted by Gasteiger charge is -2.03. The largest absolute Gasteiger partial charge is 0.294 e. The van der Waals surface area contributed by atoms with Gasteiger partial charge in [0, 0.05) is 12.0 Å². The van der Waals surface area contributed by atoms with E-state index in [0.29, 0.717) is 11.1 Å². The Hall–Kier alpha value is -1.74. The molecule has 0 N–H and O–H groups in total. The van der Waals surface area contributed by atoms with E-state index in [9.17, 15) is 13.6 Å². The van der Waals surface area contributed by atoms with Gasteiger partial charge in [-0.2, -0.15) is 0 Å². The van der Waals surface area contributed by atoms with E-state index in [2.05, 4.69) is 0 Å². The number of Topliss-reactive ketones (excluding diaryl/α,β-unsaturated/α-hetero) is 1. The molecule has 0 saturated carbocycles. The van der Waals surface area contributed by atoms with Crippen molar-refractivity contribution >= 4 is 17.4 Å². The summed E-state index contributed by atoms with van der Waals surface area (Å²) in [5.41, 5.74) is 0.881. The van der Waals surface area contributed by atoms with Crippen molar-refractivity contribution in [1.82, 2.24) is 0 Å². The highest BCUT2D eigenvalue weighted by atomic mass is 35.5. The fourth-order valence-corrected chi connectivity index (χ4v) is 1.78. The second kappa shape index (κ2) is 5.27. The van der Waals surface area contributed by atoms with E-state index in [1.54, 1.807) is 6.07 Å². The molecule has 0 atom stereocenters. The lowest BCUT2D eigenvalue weighted by atomic mass is 10.0. The zero-order chi connectivity index (χ0) is 13.1. The first-order valence-electron chi connectivity index (χ1n) is 5.29. The normalized spacial score (nSPS) is 10.4. The third kappa shape index (κ3) is 2.93. The summed E-state index contributed by atoms with van der Waals surface area (Å²) in [4.78, 5) is 11.9. The van der Waals surface area contributed by atoms with Crippen LogP contribution < -0.4 is 0 Å². The number of ketones is 1. The molecule has 0 radical (unpaired) electrons. The molecular formula is C14H9ClF2O. The Bertz CT molecular complexity index is 596. The quantitative estimate of drug-likeness (QED) is 0.766. The fourth-order valence-electron chi connectivity index (χ4n) is 1.60. The van der Waals surface area contributed by atoms with E-state index in [-0.39, 0.29) is 17.2 Å². The second-order valence-electron chi connectivity index (χ2n) is 3.86. The van der Waals surface area contributed by atoms with E-state index >= 15 is 0 Å². The van der Waals surface area contributed by atoms with Gasteiger partial charge in [-0.1, -0.05) is 23.7 Å². The van der Waals surface area contributed by atoms with Crippen molar-refractivity contribution < 1.29 is 13.6 Å². The van der Waals surface area contributed by atoms with Crippen LogP contribution in [0.4, 0.5) is 8.78 Å². The summed E-state index contributed by atoms with van der Waals surface area (Å²) >= 11 is 5.60. The van der Waals surface area contributed by atoms with Gasteiger partial charge in [0.25, 0.3) is 0 Å². The molecule has 0 aliphatic rings. The average Bonchev–Trinajstić information content (AvgIpc) is 2.32. The molecule has 0 bridgehead atoms. The predicted octanol–water partition coefficient (Wildman–Crippen LogP) is 4.04. The first-order valence-corrected chi connectivity index (χ1v) is 5.67. The van der Waals surface area contributed by atoms with Crippen LogP contribution in [0.5, 0.6) is 0 Å². The summed E-state index contributed by atoms with van der Waals surface area (Å²) in [7, 11) is 0. The number of carbonyl (C=O) groups excluding carboxylic acids is 1. The molecule has 18 heavy (non-hydrogen) atoms. The minimum atomic E-state index is -0.570. The van der Waals surface area contributed by atoms with Gasteiger partial charge in [-0.05, 0) is 35.9 Å². The van der Waals surface area contributed by atoms with Crippen LogP contribution in [0.3, 0.4) is 0 Å². The van der Waals surface area contributed by atoms with Gasteiger partial charge in [0.2, 0.25) is 0 Å². The lowest BCUT2D eigenvalue weighted by Crippen LogP contribution is -2.04. The molecule has 0 fully saturated rings. The highest BCUT2D eigenvalue weighted by molar-refractivity contribution is 6.31. The summed E-state index contributed by atoms with van der Waals surface area (Å²) < 4.78 is 25.9. The van der Waals surface area contributed by atoms with Crippen LogP contribution in [-0.2, 0) is 6.42 Å². The number of carbonyl (C=O) groups is 1. The molecule has 0 amide bonds. The molecule has 0 unspecified atom stereocenters. The van der Waals surface area contributed by atoms with Gasteiger partial charge in [-0.25, -0.2) is 8.78 Å². The van der Waals surface area contributed by atoms with Gasteiger partial charge in [-0.3, -0.25) is 4.79 Å². The molecule has 92 valence electrons. The van der Waals surface area contributed by atoms with E-state index < -0.39 is 11.6 Å². The number of halogens is 3. The van der Waals surface area contributed by atoms with Crippen molar-refractivity contribution in [2.45, 2.75) is 6.42 Å². The van der Waals surface area contributed by atoms with Crippen LogP contribution >= 0.6 is 11.6 Å². The topological polar surface area (TPSA) is 17.1 Å². The first kappa shape index (κ1) is 12.7. The van der Waals surface area contributed by atoms with E-state index in [0.717, 1.165) is 6.07 Å². The van der Waals surface area contributed by atoms with Crippen LogP contribution in [0.1, 0.15) is 15.9 Å². The number of benzene rings is 2. The number of rotatable bonds is 3. The molecular weight excluding hydrogens is 258 g/mol. The van der Waals surface area contributed by atoms with Gasteiger partial charge in [0.15, 0.2) is 5.78 Å². The third-order valence-corrected chi connectivity index (χ3v) is 2.78. The summed E-state index contributed by atoms with van der Waals surface area (Å²) in [6.45, 7) is 0. The van der Waals surface area contributed by atoms with Gasteiger partial charge in [-0.15, -0.1) is 0 Å². The van der Waals surface area contributed by atoms with Crippen molar-refractivity contribution in [2.24, 2.45) is 0 Å². The molecule has 0 saturated heterocycles. The van der Waals surface area contributed by atoms with Crippen LogP contribution in [0.25, 0.3) is 0 Å². The molecule has 2 aromatic carbocycles. The molecule has 0 spiro atoms. The summed E-state index contributed by atoms with van der Waals surface area (Å²) in [5, 5.41) is -0.0971. The van der Waals surface area contributed by atoms with Crippen molar-refractivity contribution in [3.05, 3.63) is 70.2 Å². The Labute approximate surface area is 108 Å². The van der Waals surface area contributed by atoms with Crippen LogP contribution in [0.2, 0.25) is 5.02 Å². The molecule has 2 aromatic rings. The molecule has 0 aromatic heterocycles. The number of hydrogen-bond donors (Lipinski definition) is 0. The second-order valence-corrected chi connectivity index (χ2v) is 4.27. The Morgan fingerprint density at radius 1 is 1.11 bits per heavy atom. The Kier molecular flexibility index (Phi) is 3.72. The minimum absolute atomic E-state index is 0.0553. The minimum Gasteiger partial charge on any atom is -0.294 e. The predicted molar refractivity (Wildman–Crippen MR) is 65.8 cm³/mol. The zero-order valence-electron chi connectivity index (χ0n) is 9.29. The van der Waals surface area contributed by atoms with Crippen molar-refractivity contribution in [3.63, 3.8) is 0 Å². The van der Waals surface area contributed by atoms with Crippen LogP contribution in [-0.4, -0.2) is 5.78 Å². The van der Waals surface area contributed by atoms with Crippen LogP contribution in [0, 0.1) is 11.6 Å². The Balaban J connectivity index is 2.19. The lowest BCUT2D eigenvalue weighted by molar-refractivity contribution is 0.0993. The SMILES string of the molecule is O=C(Cc1cccc(F)c1)c1ccc(F)c(Cl)c1. The van der Waals surface area contributed by atoms with Gasteiger partial charge < -0.3 is 0 Å². The average molecular weight is 267 g/mol. The van der Waals surface area contributed by atoms with E-state index in [1.807, 2.05) is 0 Å². The van der Waals surface area contributed by atoms with Crippen molar-refractivity contribution in [3.8, 4) is 0 Å². The van der Waals surface area contributed by atoms with E-state index in [1.165, 1.54) is 30.3 Å². The summed E-state index contributed by atoms with van der Waals surface area (Å²) in [5.74, 6) is -1.20. The first-order chi connectivity index (χ1) is 8.56. The Morgan fingerprint density at radius 3 is 2.56 bits per heavy atom. The monoisotopic (exact) mass is 266 g/mol. The molecule has 4 heteroatoms. The van der Waals surface area contributed by atoms with Crippen LogP contribution in [0.15, 0.2) is 42.5 Å². The van der Waals surface area contributed by atoms with Crippen molar-refractivity contribution in [2.75, 3.05) is 0 Å². The smallest absolute Gasteiger partial charge is 0.167 e. The number of hydrogen-bond acceptors (Lipinski definition) is 1. The van der Waals surface area contributed by atoms with E-state index in [4.69, 9.17) is 11.6 Å². The van der Waals surface area contributed by atoms with Crippen molar-refractivity contribution in [1.29, 1.82) is 0 Å². The van der Waals surface area contributed by atoms with Gasteiger partial charge >= 0.3 is 0 Å². The molecule has 0 aliphatic carbocycles.